The number of methoxy groups -OCH3 is 1. The van der Waals surface area contributed by atoms with Crippen molar-refractivity contribution in [3.8, 4) is 5.75 Å². The summed E-state index contributed by atoms with van der Waals surface area (Å²) in [5.41, 5.74) is 3.17. The van der Waals surface area contributed by atoms with E-state index in [1.165, 1.54) is 0 Å². The molecule has 3 aromatic carbocycles. The molecule has 2 heterocycles. The zero-order valence-corrected chi connectivity index (χ0v) is 16.6. The van der Waals surface area contributed by atoms with Crippen molar-refractivity contribution < 1.29 is 13.9 Å². The minimum Gasteiger partial charge on any atom is -0.497 e. The van der Waals surface area contributed by atoms with Crippen molar-refractivity contribution in [2.45, 2.75) is 13.0 Å². The first-order valence-electron chi connectivity index (χ1n) is 9.68. The second-order valence-electron chi connectivity index (χ2n) is 7.36. The summed E-state index contributed by atoms with van der Waals surface area (Å²) in [6.45, 7) is 2.00. The maximum atomic E-state index is 13.5. The van der Waals surface area contributed by atoms with E-state index < -0.39 is 6.04 Å². The van der Waals surface area contributed by atoms with Crippen LogP contribution in [-0.4, -0.2) is 13.0 Å². The molecule has 5 heteroatoms. The van der Waals surface area contributed by atoms with Crippen LogP contribution in [0.2, 0.25) is 0 Å². The summed E-state index contributed by atoms with van der Waals surface area (Å²) in [4.78, 5) is 28.6. The Morgan fingerprint density at radius 2 is 1.70 bits per heavy atom. The molecule has 30 heavy (non-hydrogen) atoms. The molecule has 1 unspecified atom stereocenters. The second kappa shape index (κ2) is 6.88. The van der Waals surface area contributed by atoms with Crippen LogP contribution in [0.1, 0.15) is 33.3 Å². The van der Waals surface area contributed by atoms with Crippen LogP contribution < -0.4 is 15.1 Å². The lowest BCUT2D eigenvalue weighted by Crippen LogP contribution is -2.29. The van der Waals surface area contributed by atoms with E-state index in [9.17, 15) is 9.59 Å². The van der Waals surface area contributed by atoms with Crippen LogP contribution in [0.3, 0.4) is 0 Å². The van der Waals surface area contributed by atoms with Crippen molar-refractivity contribution in [3.63, 3.8) is 0 Å². The van der Waals surface area contributed by atoms with Gasteiger partial charge in [0.05, 0.1) is 24.1 Å². The molecule has 0 saturated heterocycles. The van der Waals surface area contributed by atoms with Gasteiger partial charge in [0.15, 0.2) is 5.43 Å². The SMILES string of the molecule is COc1cccc(N2C(=O)c3oc4ccccc4c(=O)c3C2c2ccc(C)cc2)c1. The lowest BCUT2D eigenvalue weighted by molar-refractivity contribution is 0.0971. The molecule has 1 atom stereocenters. The predicted octanol–water partition coefficient (Wildman–Crippen LogP) is 4.86. The van der Waals surface area contributed by atoms with E-state index in [2.05, 4.69) is 0 Å². The molecular weight excluding hydrogens is 378 g/mol. The number of carbonyl (C=O) groups is 1. The Labute approximate surface area is 173 Å². The first kappa shape index (κ1) is 18.2. The maximum Gasteiger partial charge on any atom is 0.295 e. The molecule has 5 rings (SSSR count). The molecule has 4 aromatic rings. The van der Waals surface area contributed by atoms with Crippen molar-refractivity contribution in [3.05, 3.63) is 105 Å². The zero-order chi connectivity index (χ0) is 20.8. The van der Waals surface area contributed by atoms with Gasteiger partial charge in [-0.25, -0.2) is 0 Å². The summed E-state index contributed by atoms with van der Waals surface area (Å²) in [5.74, 6) is 0.377. The number of carbonyl (C=O) groups excluding carboxylic acids is 1. The van der Waals surface area contributed by atoms with Crippen molar-refractivity contribution in [2.24, 2.45) is 0 Å². The highest BCUT2D eigenvalue weighted by molar-refractivity contribution is 6.10. The number of aryl methyl sites for hydroxylation is 1. The number of ether oxygens (including phenoxy) is 1. The smallest absolute Gasteiger partial charge is 0.295 e. The quantitative estimate of drug-likeness (QED) is 0.495. The lowest BCUT2D eigenvalue weighted by Gasteiger charge is -2.25. The molecule has 148 valence electrons. The first-order chi connectivity index (χ1) is 14.6. The van der Waals surface area contributed by atoms with Gasteiger partial charge in [-0.05, 0) is 36.8 Å². The van der Waals surface area contributed by atoms with E-state index in [1.54, 1.807) is 42.3 Å². The van der Waals surface area contributed by atoms with Crippen LogP contribution in [-0.2, 0) is 0 Å². The van der Waals surface area contributed by atoms with Gasteiger partial charge in [0.1, 0.15) is 11.3 Å². The number of hydrogen-bond acceptors (Lipinski definition) is 4. The summed E-state index contributed by atoms with van der Waals surface area (Å²) < 4.78 is 11.3. The van der Waals surface area contributed by atoms with Gasteiger partial charge in [0.2, 0.25) is 5.76 Å². The van der Waals surface area contributed by atoms with Crippen molar-refractivity contribution in [1.82, 2.24) is 0 Å². The number of amides is 1. The second-order valence-corrected chi connectivity index (χ2v) is 7.36. The minimum absolute atomic E-state index is 0.0899. The van der Waals surface area contributed by atoms with Crippen LogP contribution in [0.4, 0.5) is 5.69 Å². The first-order valence-corrected chi connectivity index (χ1v) is 9.68. The summed E-state index contributed by atoms with van der Waals surface area (Å²) >= 11 is 0. The molecule has 0 spiro atoms. The number of para-hydroxylation sites is 1. The van der Waals surface area contributed by atoms with Gasteiger partial charge < -0.3 is 9.15 Å². The Balaban J connectivity index is 1.80. The van der Waals surface area contributed by atoms with E-state index >= 15 is 0 Å². The average Bonchev–Trinajstić information content (AvgIpc) is 3.07. The van der Waals surface area contributed by atoms with Crippen LogP contribution in [0.25, 0.3) is 11.0 Å². The molecule has 0 saturated carbocycles. The predicted molar refractivity (Wildman–Crippen MR) is 115 cm³/mol. The molecule has 1 aliphatic heterocycles. The molecule has 0 fully saturated rings. The number of nitrogens with zero attached hydrogens (tertiary/aromatic N) is 1. The van der Waals surface area contributed by atoms with Gasteiger partial charge in [-0.2, -0.15) is 0 Å². The zero-order valence-electron chi connectivity index (χ0n) is 16.6. The fraction of sp³-hybridized carbons (Fsp3) is 0.120. The average molecular weight is 397 g/mol. The van der Waals surface area contributed by atoms with E-state index in [0.29, 0.717) is 28.0 Å². The van der Waals surface area contributed by atoms with E-state index in [4.69, 9.17) is 9.15 Å². The molecule has 0 radical (unpaired) electrons. The van der Waals surface area contributed by atoms with Gasteiger partial charge >= 0.3 is 0 Å². The van der Waals surface area contributed by atoms with Gasteiger partial charge in [-0.1, -0.05) is 48.0 Å². The Kier molecular flexibility index (Phi) is 4.17. The molecule has 5 nitrogen and oxygen atoms in total. The standard InChI is InChI=1S/C25H19NO4/c1-15-10-12-16(13-11-15)22-21-23(27)19-8-3-4-9-20(19)30-24(21)25(28)26(22)17-6-5-7-18(14-17)29-2/h3-14,22H,1-2H3. The van der Waals surface area contributed by atoms with Gasteiger partial charge in [0.25, 0.3) is 5.91 Å². The largest absolute Gasteiger partial charge is 0.497 e. The summed E-state index contributed by atoms with van der Waals surface area (Å²) in [7, 11) is 1.58. The van der Waals surface area contributed by atoms with Gasteiger partial charge in [-0.15, -0.1) is 0 Å². The number of hydrogen-bond donors (Lipinski definition) is 0. The number of rotatable bonds is 3. The molecular formula is C25H19NO4. The van der Waals surface area contributed by atoms with Crippen LogP contribution in [0.5, 0.6) is 5.75 Å². The topological polar surface area (TPSA) is 59.8 Å². The molecule has 0 aliphatic carbocycles. The Morgan fingerprint density at radius 3 is 2.47 bits per heavy atom. The molecule has 1 aromatic heterocycles. The Morgan fingerprint density at radius 1 is 0.933 bits per heavy atom. The van der Waals surface area contributed by atoms with Gasteiger partial charge in [-0.3, -0.25) is 14.5 Å². The molecule has 1 amide bonds. The molecule has 1 aliphatic rings. The Bertz CT molecular complexity index is 1340. The van der Waals surface area contributed by atoms with E-state index in [-0.39, 0.29) is 17.1 Å². The number of anilines is 1. The highest BCUT2D eigenvalue weighted by Gasteiger charge is 2.43. The fourth-order valence-corrected chi connectivity index (χ4v) is 4.01. The molecule has 0 bridgehead atoms. The number of fused-ring (bicyclic) bond motifs is 2. The van der Waals surface area contributed by atoms with Crippen LogP contribution in [0, 0.1) is 6.92 Å². The fourth-order valence-electron chi connectivity index (χ4n) is 4.01. The van der Waals surface area contributed by atoms with Crippen LogP contribution in [0.15, 0.2) is 82.0 Å². The monoisotopic (exact) mass is 397 g/mol. The highest BCUT2D eigenvalue weighted by Crippen LogP contribution is 2.41. The van der Waals surface area contributed by atoms with Crippen molar-refractivity contribution >= 4 is 22.6 Å². The maximum absolute atomic E-state index is 13.5. The van der Waals surface area contributed by atoms with Gasteiger partial charge in [0, 0.05) is 11.8 Å². The van der Waals surface area contributed by atoms with Crippen molar-refractivity contribution in [1.29, 1.82) is 0 Å². The minimum atomic E-state index is -0.582. The van der Waals surface area contributed by atoms with E-state index in [0.717, 1.165) is 11.1 Å². The number of benzene rings is 3. The summed E-state index contributed by atoms with van der Waals surface area (Å²) in [6, 6.07) is 21.5. The summed E-state index contributed by atoms with van der Waals surface area (Å²) in [5, 5.41) is 0.466. The Hall–Kier alpha value is -3.86. The van der Waals surface area contributed by atoms with E-state index in [1.807, 2.05) is 49.4 Å². The van der Waals surface area contributed by atoms with Crippen molar-refractivity contribution in [2.75, 3.05) is 12.0 Å². The normalized spacial score (nSPS) is 15.5. The third-order valence-corrected chi connectivity index (χ3v) is 5.50. The lowest BCUT2D eigenvalue weighted by atomic mass is 9.97. The third-order valence-electron chi connectivity index (χ3n) is 5.50. The molecule has 0 N–H and O–H groups in total. The third kappa shape index (κ3) is 2.70. The highest BCUT2D eigenvalue weighted by atomic mass is 16.5. The summed E-state index contributed by atoms with van der Waals surface area (Å²) in [6.07, 6.45) is 0. The van der Waals surface area contributed by atoms with Crippen LogP contribution >= 0.6 is 0 Å².